The van der Waals surface area contributed by atoms with Gasteiger partial charge >= 0.3 is 5.97 Å². The number of hydrogen-bond acceptors (Lipinski definition) is 5. The number of halogens is 1. The Morgan fingerprint density at radius 3 is 2.45 bits per heavy atom. The van der Waals surface area contributed by atoms with Crippen molar-refractivity contribution in [3.8, 4) is 22.6 Å². The van der Waals surface area contributed by atoms with Crippen molar-refractivity contribution < 1.29 is 23.4 Å². The van der Waals surface area contributed by atoms with Crippen LogP contribution < -0.4 is 9.47 Å². The second-order valence-corrected chi connectivity index (χ2v) is 10.3. The summed E-state index contributed by atoms with van der Waals surface area (Å²) in [6.07, 6.45) is 2.65. The molecule has 0 saturated carbocycles. The lowest BCUT2D eigenvalue weighted by atomic mass is 9.96. The molecule has 0 aromatic heterocycles. The summed E-state index contributed by atoms with van der Waals surface area (Å²) in [6, 6.07) is 19.8. The van der Waals surface area contributed by atoms with Gasteiger partial charge in [-0.05, 0) is 85.2 Å². The van der Waals surface area contributed by atoms with Gasteiger partial charge in [-0.25, -0.2) is 4.39 Å². The maximum Gasteiger partial charge on any atom is 0.306 e. The van der Waals surface area contributed by atoms with Crippen LogP contribution in [0.2, 0.25) is 0 Å². The molecule has 3 aromatic rings. The lowest BCUT2D eigenvalue weighted by Gasteiger charge is -2.27. The molecule has 1 heterocycles. The third kappa shape index (κ3) is 6.54. The predicted molar refractivity (Wildman–Crippen MR) is 148 cm³/mol. The van der Waals surface area contributed by atoms with Gasteiger partial charge in [0.1, 0.15) is 23.9 Å². The SMILES string of the molecule is COC(=O)C[C@@H](C)c1cccc(OCc2ccc(-c3cc(OC)ccc3F)c(CN3[C@H](C)CC[C@H]3C)c2)c1. The molecule has 1 fully saturated rings. The summed E-state index contributed by atoms with van der Waals surface area (Å²) in [5.74, 6) is 0.899. The van der Waals surface area contributed by atoms with Crippen molar-refractivity contribution in [3.63, 3.8) is 0 Å². The molecule has 0 unspecified atom stereocenters. The van der Waals surface area contributed by atoms with Crippen LogP contribution in [0.1, 0.15) is 62.6 Å². The lowest BCUT2D eigenvalue weighted by molar-refractivity contribution is -0.140. The monoisotopic (exact) mass is 519 g/mol. The van der Waals surface area contributed by atoms with Crippen LogP contribution in [0.3, 0.4) is 0 Å². The Labute approximate surface area is 225 Å². The molecule has 6 heteroatoms. The summed E-state index contributed by atoms with van der Waals surface area (Å²) < 4.78 is 31.3. The van der Waals surface area contributed by atoms with Crippen molar-refractivity contribution in [2.75, 3.05) is 14.2 Å². The minimum Gasteiger partial charge on any atom is -0.497 e. The Hall–Kier alpha value is -3.38. The van der Waals surface area contributed by atoms with Gasteiger partial charge in [0, 0.05) is 24.2 Å². The maximum absolute atomic E-state index is 15.0. The summed E-state index contributed by atoms with van der Waals surface area (Å²) in [5.41, 5.74) is 4.52. The second kappa shape index (κ2) is 12.4. The first-order valence-electron chi connectivity index (χ1n) is 13.3. The minimum absolute atomic E-state index is 0.0269. The summed E-state index contributed by atoms with van der Waals surface area (Å²) in [6.45, 7) is 7.64. The van der Waals surface area contributed by atoms with E-state index < -0.39 is 0 Å². The van der Waals surface area contributed by atoms with E-state index in [4.69, 9.17) is 14.2 Å². The van der Waals surface area contributed by atoms with Gasteiger partial charge in [0.2, 0.25) is 0 Å². The van der Waals surface area contributed by atoms with E-state index in [1.807, 2.05) is 43.3 Å². The van der Waals surface area contributed by atoms with E-state index >= 15 is 0 Å². The van der Waals surface area contributed by atoms with Crippen molar-refractivity contribution in [3.05, 3.63) is 83.2 Å². The summed E-state index contributed by atoms with van der Waals surface area (Å²) >= 11 is 0. The average molecular weight is 520 g/mol. The fraction of sp³-hybridized carbons (Fsp3) is 0.406. The van der Waals surface area contributed by atoms with Gasteiger partial charge in [0.05, 0.1) is 20.6 Å². The molecule has 1 aliphatic heterocycles. The van der Waals surface area contributed by atoms with Crippen LogP contribution >= 0.6 is 0 Å². The molecular weight excluding hydrogens is 481 g/mol. The van der Waals surface area contributed by atoms with E-state index in [0.29, 0.717) is 36.4 Å². The largest absolute Gasteiger partial charge is 0.497 e. The highest BCUT2D eigenvalue weighted by Gasteiger charge is 2.28. The van der Waals surface area contributed by atoms with Crippen molar-refractivity contribution >= 4 is 5.97 Å². The second-order valence-electron chi connectivity index (χ2n) is 10.3. The molecule has 0 amide bonds. The standard InChI is InChI=1S/C32H38FNO4/c1-21(15-32(35)37-5)25-7-6-8-28(17-25)38-20-24-11-13-29(30-18-27(36-4)12-14-31(30)33)26(16-24)19-34-22(2)9-10-23(34)3/h6-8,11-14,16-18,21-23H,9-10,15,19-20H2,1-5H3/t21-,22-,23-/m1/s1. The van der Waals surface area contributed by atoms with Crippen LogP contribution in [0.4, 0.5) is 4.39 Å². The number of likely N-dealkylation sites (tertiary alicyclic amines) is 1. The quantitative estimate of drug-likeness (QED) is 0.267. The van der Waals surface area contributed by atoms with Gasteiger partial charge < -0.3 is 14.2 Å². The zero-order valence-corrected chi connectivity index (χ0v) is 23.0. The van der Waals surface area contributed by atoms with Crippen LogP contribution in [0.5, 0.6) is 11.5 Å². The lowest BCUT2D eigenvalue weighted by Crippen LogP contribution is -2.32. The van der Waals surface area contributed by atoms with Gasteiger partial charge in [0.15, 0.2) is 0 Å². The fourth-order valence-corrected chi connectivity index (χ4v) is 5.25. The van der Waals surface area contributed by atoms with Crippen molar-refractivity contribution in [2.24, 2.45) is 0 Å². The van der Waals surface area contributed by atoms with Crippen LogP contribution in [-0.4, -0.2) is 37.2 Å². The number of methoxy groups -OCH3 is 2. The third-order valence-corrected chi connectivity index (χ3v) is 7.65. The van der Waals surface area contributed by atoms with Gasteiger partial charge in [-0.2, -0.15) is 0 Å². The molecule has 1 aliphatic rings. The number of rotatable bonds is 10. The van der Waals surface area contributed by atoms with E-state index in [1.165, 1.54) is 13.2 Å². The van der Waals surface area contributed by atoms with E-state index in [-0.39, 0.29) is 17.7 Å². The van der Waals surface area contributed by atoms with Crippen LogP contribution in [0.25, 0.3) is 11.1 Å². The number of esters is 1. The van der Waals surface area contributed by atoms with Crippen LogP contribution in [0.15, 0.2) is 60.7 Å². The molecule has 38 heavy (non-hydrogen) atoms. The van der Waals surface area contributed by atoms with Gasteiger partial charge in [-0.15, -0.1) is 0 Å². The molecule has 4 rings (SSSR count). The number of ether oxygens (including phenoxy) is 3. The first-order chi connectivity index (χ1) is 18.3. The van der Waals surface area contributed by atoms with Crippen molar-refractivity contribution in [1.29, 1.82) is 0 Å². The minimum atomic E-state index is -0.267. The topological polar surface area (TPSA) is 48.0 Å². The molecule has 3 atom stereocenters. The average Bonchev–Trinajstić information content (AvgIpc) is 3.24. The number of hydrogen-bond donors (Lipinski definition) is 0. The molecule has 202 valence electrons. The number of benzene rings is 3. The highest BCUT2D eigenvalue weighted by atomic mass is 19.1. The molecule has 1 saturated heterocycles. The van der Waals surface area contributed by atoms with Gasteiger partial charge in [0.25, 0.3) is 0 Å². The molecule has 0 aliphatic carbocycles. The predicted octanol–water partition coefficient (Wildman–Crippen LogP) is 7.12. The summed E-state index contributed by atoms with van der Waals surface area (Å²) in [5, 5.41) is 0. The molecule has 0 N–H and O–H groups in total. The number of carbonyl (C=O) groups excluding carboxylic acids is 1. The fourth-order valence-electron chi connectivity index (χ4n) is 5.25. The zero-order chi connectivity index (χ0) is 27.2. The van der Waals surface area contributed by atoms with E-state index in [1.54, 1.807) is 19.2 Å². The Morgan fingerprint density at radius 2 is 1.74 bits per heavy atom. The molecular formula is C32H38FNO4. The normalized spacial score (nSPS) is 18.3. The van der Waals surface area contributed by atoms with Gasteiger partial charge in [-0.3, -0.25) is 9.69 Å². The van der Waals surface area contributed by atoms with Gasteiger partial charge in [-0.1, -0.05) is 37.3 Å². The Morgan fingerprint density at radius 1 is 0.974 bits per heavy atom. The number of nitrogens with zero attached hydrogens (tertiary/aromatic N) is 1. The zero-order valence-electron chi connectivity index (χ0n) is 23.0. The summed E-state index contributed by atoms with van der Waals surface area (Å²) in [4.78, 5) is 14.2. The van der Waals surface area contributed by atoms with E-state index in [2.05, 4.69) is 24.8 Å². The molecule has 5 nitrogen and oxygen atoms in total. The number of carbonyl (C=O) groups is 1. The van der Waals surface area contributed by atoms with Crippen LogP contribution in [0, 0.1) is 5.82 Å². The Kier molecular flexibility index (Phi) is 9.05. The van der Waals surface area contributed by atoms with Crippen molar-refractivity contribution in [2.45, 2.75) is 71.2 Å². The first-order valence-corrected chi connectivity index (χ1v) is 13.3. The molecule has 3 aromatic carbocycles. The Balaban J connectivity index is 1.59. The Bertz CT molecular complexity index is 1250. The van der Waals surface area contributed by atoms with Crippen molar-refractivity contribution in [1.82, 2.24) is 4.90 Å². The van der Waals surface area contributed by atoms with E-state index in [0.717, 1.165) is 47.4 Å². The molecule has 0 bridgehead atoms. The molecule has 0 spiro atoms. The van der Waals surface area contributed by atoms with Crippen LogP contribution in [-0.2, 0) is 22.7 Å². The third-order valence-electron chi connectivity index (χ3n) is 7.65. The molecule has 0 radical (unpaired) electrons. The smallest absolute Gasteiger partial charge is 0.306 e. The highest BCUT2D eigenvalue weighted by molar-refractivity contribution is 5.71. The highest BCUT2D eigenvalue weighted by Crippen LogP contribution is 2.34. The summed E-state index contributed by atoms with van der Waals surface area (Å²) in [7, 11) is 3.00. The van der Waals surface area contributed by atoms with E-state index in [9.17, 15) is 9.18 Å². The first kappa shape index (κ1) is 27.6. The maximum atomic E-state index is 15.0.